The molecule has 1 aromatic carbocycles. The van der Waals surface area contributed by atoms with Gasteiger partial charge in [-0.05, 0) is 47.5 Å². The highest BCUT2D eigenvalue weighted by molar-refractivity contribution is 7.89. The van der Waals surface area contributed by atoms with Crippen LogP contribution in [0.25, 0.3) is 0 Å². The van der Waals surface area contributed by atoms with Gasteiger partial charge in [0.1, 0.15) is 5.75 Å². The lowest BCUT2D eigenvalue weighted by molar-refractivity contribution is 0.266. The molecule has 5 nitrogen and oxygen atoms in total. The van der Waals surface area contributed by atoms with Crippen molar-refractivity contribution in [1.82, 2.24) is 4.72 Å². The van der Waals surface area contributed by atoms with E-state index >= 15 is 0 Å². The summed E-state index contributed by atoms with van der Waals surface area (Å²) in [5.41, 5.74) is 1.37. The molecule has 0 bridgehead atoms. The number of aliphatic hydroxyl groups is 1. The van der Waals surface area contributed by atoms with E-state index in [1.807, 2.05) is 23.8 Å². The molecule has 1 aromatic heterocycles. The first-order valence-corrected chi connectivity index (χ1v) is 8.86. The third kappa shape index (κ3) is 4.04. The topological polar surface area (TPSA) is 75.6 Å². The van der Waals surface area contributed by atoms with Crippen LogP contribution in [0.3, 0.4) is 0 Å². The second-order valence-corrected chi connectivity index (χ2v) is 6.86. The van der Waals surface area contributed by atoms with Gasteiger partial charge in [-0.1, -0.05) is 0 Å². The minimum Gasteiger partial charge on any atom is -0.494 e. The molecule has 0 saturated carbocycles. The van der Waals surface area contributed by atoms with Crippen LogP contribution in [0.1, 0.15) is 18.1 Å². The van der Waals surface area contributed by atoms with E-state index < -0.39 is 10.0 Å². The number of hydrogen-bond acceptors (Lipinski definition) is 5. The van der Waals surface area contributed by atoms with Gasteiger partial charge in [-0.25, -0.2) is 13.1 Å². The molecule has 0 saturated heterocycles. The Bertz CT molecular complexity index is 681. The third-order valence-corrected chi connectivity index (χ3v) is 4.99. The quantitative estimate of drug-likeness (QED) is 0.817. The minimum atomic E-state index is -3.61. The molecule has 21 heavy (non-hydrogen) atoms. The average Bonchev–Trinajstić information content (AvgIpc) is 2.99. The molecule has 0 radical (unpaired) electrons. The van der Waals surface area contributed by atoms with Crippen LogP contribution in [0.5, 0.6) is 5.75 Å². The van der Waals surface area contributed by atoms with Crippen LogP contribution in [0.2, 0.25) is 0 Å². The van der Waals surface area contributed by atoms with Crippen LogP contribution in [-0.2, 0) is 23.2 Å². The molecule has 0 aliphatic carbocycles. The molecule has 2 N–H and O–H groups in total. The zero-order chi connectivity index (χ0) is 15.3. The Kier molecular flexibility index (Phi) is 5.35. The van der Waals surface area contributed by atoms with Gasteiger partial charge in [0.25, 0.3) is 0 Å². The van der Waals surface area contributed by atoms with Crippen molar-refractivity contribution < 1.29 is 18.3 Å². The van der Waals surface area contributed by atoms with E-state index in [1.54, 1.807) is 6.07 Å². The molecular weight excluding hydrogens is 310 g/mol. The maximum atomic E-state index is 12.2. The number of rotatable bonds is 7. The van der Waals surface area contributed by atoms with E-state index in [1.165, 1.54) is 23.5 Å². The van der Waals surface area contributed by atoms with E-state index in [0.717, 1.165) is 5.56 Å². The molecule has 0 fully saturated rings. The van der Waals surface area contributed by atoms with Crippen LogP contribution in [0.4, 0.5) is 0 Å². The molecular formula is C14H17NO4S2. The summed E-state index contributed by atoms with van der Waals surface area (Å²) in [5, 5.41) is 13.1. The Morgan fingerprint density at radius 3 is 2.76 bits per heavy atom. The molecule has 0 spiro atoms. The van der Waals surface area contributed by atoms with Gasteiger partial charge in [-0.3, -0.25) is 0 Å². The predicted molar refractivity (Wildman–Crippen MR) is 81.9 cm³/mol. The van der Waals surface area contributed by atoms with E-state index in [4.69, 9.17) is 4.74 Å². The first-order valence-electron chi connectivity index (χ1n) is 6.44. The van der Waals surface area contributed by atoms with Crippen LogP contribution < -0.4 is 9.46 Å². The van der Waals surface area contributed by atoms with Crippen LogP contribution in [-0.4, -0.2) is 20.1 Å². The van der Waals surface area contributed by atoms with Gasteiger partial charge >= 0.3 is 0 Å². The molecule has 2 rings (SSSR count). The lowest BCUT2D eigenvalue weighted by atomic mass is 10.2. The average molecular weight is 327 g/mol. The van der Waals surface area contributed by atoms with Crippen molar-refractivity contribution in [2.75, 3.05) is 6.61 Å². The Hall–Kier alpha value is -1.41. The van der Waals surface area contributed by atoms with E-state index in [2.05, 4.69) is 4.72 Å². The summed E-state index contributed by atoms with van der Waals surface area (Å²) in [5.74, 6) is 0.497. The highest BCUT2D eigenvalue weighted by Gasteiger charge is 2.16. The van der Waals surface area contributed by atoms with Crippen molar-refractivity contribution in [3.63, 3.8) is 0 Å². The number of ether oxygens (including phenoxy) is 1. The van der Waals surface area contributed by atoms with Crippen molar-refractivity contribution in [1.29, 1.82) is 0 Å². The Morgan fingerprint density at radius 1 is 1.33 bits per heavy atom. The molecule has 2 aromatic rings. The van der Waals surface area contributed by atoms with Gasteiger partial charge in [-0.15, -0.1) is 0 Å². The van der Waals surface area contributed by atoms with Gasteiger partial charge in [0.2, 0.25) is 10.0 Å². The lowest BCUT2D eigenvalue weighted by Crippen LogP contribution is -2.23. The van der Waals surface area contributed by atoms with Crippen molar-refractivity contribution in [3.8, 4) is 5.75 Å². The van der Waals surface area contributed by atoms with Crippen molar-refractivity contribution in [2.45, 2.75) is 25.0 Å². The number of hydrogen-bond donors (Lipinski definition) is 2. The van der Waals surface area contributed by atoms with E-state index in [9.17, 15) is 13.5 Å². The second kappa shape index (κ2) is 7.04. The molecule has 0 aliphatic rings. The minimum absolute atomic E-state index is 0.116. The second-order valence-electron chi connectivity index (χ2n) is 4.32. The van der Waals surface area contributed by atoms with Crippen molar-refractivity contribution in [2.24, 2.45) is 0 Å². The van der Waals surface area contributed by atoms with Gasteiger partial charge in [0, 0.05) is 12.1 Å². The highest BCUT2D eigenvalue weighted by atomic mass is 32.2. The number of sulfonamides is 1. The fraction of sp³-hybridized carbons (Fsp3) is 0.286. The van der Waals surface area contributed by atoms with Crippen LogP contribution >= 0.6 is 11.3 Å². The molecule has 7 heteroatoms. The summed E-state index contributed by atoms with van der Waals surface area (Å²) in [4.78, 5) is 0.116. The SMILES string of the molecule is CCOc1ccc(S(=O)(=O)NCc2ccsc2)cc1CO. The fourth-order valence-electron chi connectivity index (χ4n) is 1.80. The summed E-state index contributed by atoms with van der Waals surface area (Å²) in [6.45, 7) is 2.25. The van der Waals surface area contributed by atoms with Crippen LogP contribution in [0.15, 0.2) is 39.9 Å². The smallest absolute Gasteiger partial charge is 0.240 e. The molecule has 0 unspecified atom stereocenters. The zero-order valence-electron chi connectivity index (χ0n) is 11.6. The third-order valence-electron chi connectivity index (χ3n) is 2.86. The molecule has 0 amide bonds. The summed E-state index contributed by atoms with van der Waals surface area (Å²) >= 11 is 1.52. The zero-order valence-corrected chi connectivity index (χ0v) is 13.2. The number of thiophene rings is 1. The number of nitrogens with one attached hydrogen (secondary N) is 1. The molecule has 0 atom stereocenters. The number of benzene rings is 1. The fourth-order valence-corrected chi connectivity index (χ4v) is 3.53. The Morgan fingerprint density at radius 2 is 2.14 bits per heavy atom. The van der Waals surface area contributed by atoms with E-state index in [0.29, 0.717) is 17.9 Å². The molecule has 0 aliphatic heterocycles. The summed E-state index contributed by atoms with van der Waals surface area (Å²) in [7, 11) is -3.61. The predicted octanol–water partition coefficient (Wildman–Crippen LogP) is 2.12. The van der Waals surface area contributed by atoms with Gasteiger partial charge in [-0.2, -0.15) is 11.3 Å². The first kappa shape index (κ1) is 16.0. The van der Waals surface area contributed by atoms with E-state index in [-0.39, 0.29) is 18.0 Å². The molecule has 114 valence electrons. The number of aliphatic hydroxyl groups excluding tert-OH is 1. The normalized spacial score (nSPS) is 11.5. The Balaban J connectivity index is 2.19. The summed E-state index contributed by atoms with van der Waals surface area (Å²) < 4.78 is 32.3. The first-order chi connectivity index (χ1) is 10.1. The largest absolute Gasteiger partial charge is 0.494 e. The van der Waals surface area contributed by atoms with Gasteiger partial charge in [0.15, 0.2) is 0 Å². The lowest BCUT2D eigenvalue weighted by Gasteiger charge is -2.11. The molecule has 1 heterocycles. The van der Waals surface area contributed by atoms with Crippen molar-refractivity contribution >= 4 is 21.4 Å². The standard InChI is InChI=1S/C14H17NO4S2/c1-2-19-14-4-3-13(7-12(14)9-16)21(17,18)15-8-11-5-6-20-10-11/h3-7,10,15-16H,2,8-9H2,1H3. The summed E-state index contributed by atoms with van der Waals surface area (Å²) in [6.07, 6.45) is 0. The van der Waals surface area contributed by atoms with Crippen molar-refractivity contribution in [3.05, 3.63) is 46.2 Å². The van der Waals surface area contributed by atoms with Crippen LogP contribution in [0, 0.1) is 0 Å². The van der Waals surface area contributed by atoms with Gasteiger partial charge in [0.05, 0.1) is 18.1 Å². The maximum Gasteiger partial charge on any atom is 0.240 e. The monoisotopic (exact) mass is 327 g/mol. The Labute approximate surface area is 128 Å². The summed E-state index contributed by atoms with van der Waals surface area (Å²) in [6, 6.07) is 6.33. The maximum absolute atomic E-state index is 12.2. The van der Waals surface area contributed by atoms with Gasteiger partial charge < -0.3 is 9.84 Å². The highest BCUT2D eigenvalue weighted by Crippen LogP contribution is 2.23.